The van der Waals surface area contributed by atoms with Crippen molar-refractivity contribution >= 4 is 0 Å². The molecule has 0 heterocycles. The van der Waals surface area contributed by atoms with Crippen LogP contribution in [0.25, 0.3) is 0 Å². The average molecular weight is 308 g/mol. The standard InChI is InChI=1S/2C4H10O4.O.Ti/c2*5-1-3(7)4(8)2-6;;/h2*3-8H,1-2H2;;/t2*3-,4+;;. The molecule has 0 aliphatic heterocycles. The van der Waals surface area contributed by atoms with Crippen LogP contribution in [-0.2, 0) is 23.7 Å². The van der Waals surface area contributed by atoms with Crippen molar-refractivity contribution in [3.05, 3.63) is 0 Å². The zero-order valence-electron chi connectivity index (χ0n) is 9.62. The minimum atomic E-state index is -1.22. The second-order valence-corrected chi connectivity index (χ2v) is 3.00. The van der Waals surface area contributed by atoms with E-state index >= 15 is 0 Å². The fraction of sp³-hybridized carbons (Fsp3) is 1.00. The van der Waals surface area contributed by atoms with E-state index in [-0.39, 0.29) is 0 Å². The predicted molar refractivity (Wildman–Crippen MR) is 53.1 cm³/mol. The Morgan fingerprint density at radius 2 is 0.667 bits per heavy atom. The first-order chi connectivity index (χ1) is 8.44. The minimum absolute atomic E-state index is 0.526. The predicted octanol–water partition coefficient (Wildman–Crippen LogP) is -4.74. The van der Waals surface area contributed by atoms with Gasteiger partial charge in [-0.3, -0.25) is 0 Å². The van der Waals surface area contributed by atoms with E-state index in [1.165, 1.54) is 0 Å². The van der Waals surface area contributed by atoms with Crippen molar-refractivity contribution in [3.63, 3.8) is 0 Å². The summed E-state index contributed by atoms with van der Waals surface area (Å²) in [6, 6.07) is 0. The summed E-state index contributed by atoms with van der Waals surface area (Å²) in [6.07, 6.45) is -4.89. The molecule has 0 rings (SSSR count). The molecule has 0 spiro atoms. The molecule has 110 valence electrons. The van der Waals surface area contributed by atoms with Crippen LogP contribution in [0.15, 0.2) is 0 Å². The molecule has 0 saturated heterocycles. The number of rotatable bonds is 6. The van der Waals surface area contributed by atoms with Gasteiger partial charge in [0.15, 0.2) is 0 Å². The molecule has 0 unspecified atom stereocenters. The topological polar surface area (TPSA) is 179 Å². The molecule has 18 heavy (non-hydrogen) atoms. The Labute approximate surface area is 116 Å². The van der Waals surface area contributed by atoms with Crippen LogP contribution in [0, 0.1) is 0 Å². The molecule has 0 aliphatic carbocycles. The number of hydrogen-bond acceptors (Lipinski definition) is 9. The Morgan fingerprint density at radius 3 is 0.722 bits per heavy atom. The summed E-state index contributed by atoms with van der Waals surface area (Å²) in [5.41, 5.74) is 0. The molecular formula is C8H20O9Ti. The van der Waals surface area contributed by atoms with Crippen molar-refractivity contribution in [1.82, 2.24) is 0 Å². The molecule has 0 amide bonds. The van der Waals surface area contributed by atoms with Crippen LogP contribution in [0.1, 0.15) is 0 Å². The monoisotopic (exact) mass is 308 g/mol. The van der Waals surface area contributed by atoms with E-state index in [0.29, 0.717) is 0 Å². The Morgan fingerprint density at radius 1 is 0.556 bits per heavy atom. The summed E-state index contributed by atoms with van der Waals surface area (Å²) < 4.78 is 8.25. The van der Waals surface area contributed by atoms with E-state index < -0.39 is 50.8 Å². The summed E-state index contributed by atoms with van der Waals surface area (Å²) in [4.78, 5) is 0. The molecule has 4 atom stereocenters. The summed E-state index contributed by atoms with van der Waals surface area (Å²) in [5.74, 6) is 0. The maximum absolute atomic E-state index is 8.47. The number of hydrogen-bond donors (Lipinski definition) is 8. The van der Waals surface area contributed by atoms with Gasteiger partial charge in [0.1, 0.15) is 24.4 Å². The third kappa shape index (κ3) is 14.3. The van der Waals surface area contributed by atoms with Crippen molar-refractivity contribution < 1.29 is 64.6 Å². The molecular weight excluding hydrogens is 288 g/mol. The third-order valence-electron chi connectivity index (χ3n) is 1.64. The molecule has 8 N–H and O–H groups in total. The Balaban J connectivity index is -0.000000219. The summed E-state index contributed by atoms with van der Waals surface area (Å²) in [6.45, 7) is -2.10. The van der Waals surface area contributed by atoms with Crippen LogP contribution in [0.4, 0.5) is 0 Å². The van der Waals surface area contributed by atoms with Crippen LogP contribution in [0.2, 0.25) is 0 Å². The number of aliphatic hydroxyl groups is 8. The van der Waals surface area contributed by atoms with Crippen LogP contribution in [-0.4, -0.2) is 91.7 Å². The maximum atomic E-state index is 8.47. The van der Waals surface area contributed by atoms with Gasteiger partial charge >= 0.3 is 23.7 Å². The van der Waals surface area contributed by atoms with Gasteiger partial charge in [-0.25, -0.2) is 0 Å². The van der Waals surface area contributed by atoms with E-state index in [1.54, 1.807) is 0 Å². The summed E-state index contributed by atoms with van der Waals surface area (Å²) in [5, 5.41) is 66.3. The van der Waals surface area contributed by atoms with Crippen LogP contribution >= 0.6 is 0 Å². The Bertz CT molecular complexity index is 130. The van der Waals surface area contributed by atoms with Gasteiger partial charge in [-0.2, -0.15) is 0 Å². The van der Waals surface area contributed by atoms with E-state index in [4.69, 9.17) is 44.2 Å². The molecule has 0 aromatic rings. The summed E-state index contributed by atoms with van der Waals surface area (Å²) >= 11 is 0.750. The fourth-order valence-electron chi connectivity index (χ4n) is 0.487. The first-order valence-electron chi connectivity index (χ1n) is 4.80. The first kappa shape index (κ1) is 23.3. The molecule has 0 bridgehead atoms. The summed E-state index contributed by atoms with van der Waals surface area (Å²) in [7, 11) is 0. The molecule has 0 aliphatic rings. The average Bonchev–Trinajstić information content (AvgIpc) is 2.46. The van der Waals surface area contributed by atoms with Crippen molar-refractivity contribution in [2.75, 3.05) is 26.4 Å². The molecule has 0 aromatic carbocycles. The zero-order valence-corrected chi connectivity index (χ0v) is 11.2. The van der Waals surface area contributed by atoms with Crippen LogP contribution in [0.5, 0.6) is 0 Å². The van der Waals surface area contributed by atoms with Crippen molar-refractivity contribution in [2.45, 2.75) is 24.4 Å². The third-order valence-corrected chi connectivity index (χ3v) is 1.64. The molecule has 0 radical (unpaired) electrons. The molecule has 0 saturated carbocycles. The van der Waals surface area contributed by atoms with Crippen molar-refractivity contribution in [3.8, 4) is 0 Å². The van der Waals surface area contributed by atoms with Crippen LogP contribution < -0.4 is 0 Å². The Hall–Kier alpha value is 0.194. The molecule has 10 heteroatoms. The second kappa shape index (κ2) is 17.2. The fourth-order valence-corrected chi connectivity index (χ4v) is 0.487. The molecule has 0 fully saturated rings. The second-order valence-electron chi connectivity index (χ2n) is 3.00. The van der Waals surface area contributed by atoms with E-state index in [2.05, 4.69) is 0 Å². The zero-order chi connectivity index (χ0) is 15.1. The SMILES string of the molecule is OC[C@@H](O)[C@@H](O)CO.OC[C@@H](O)[C@@H](O)CO.[O]=[Ti]. The molecule has 9 nitrogen and oxygen atoms in total. The molecule has 0 aromatic heterocycles. The van der Waals surface area contributed by atoms with Gasteiger partial charge in [0.2, 0.25) is 0 Å². The van der Waals surface area contributed by atoms with Gasteiger partial charge in [-0.05, 0) is 0 Å². The van der Waals surface area contributed by atoms with Crippen molar-refractivity contribution in [1.29, 1.82) is 0 Å². The van der Waals surface area contributed by atoms with Gasteiger partial charge in [0.05, 0.1) is 26.4 Å². The van der Waals surface area contributed by atoms with Gasteiger partial charge in [-0.1, -0.05) is 0 Å². The quantitative estimate of drug-likeness (QED) is 0.224. The normalized spacial score (nSPS) is 16.2. The van der Waals surface area contributed by atoms with Gasteiger partial charge < -0.3 is 40.9 Å². The van der Waals surface area contributed by atoms with Gasteiger partial charge in [0.25, 0.3) is 0 Å². The van der Waals surface area contributed by atoms with Gasteiger partial charge in [-0.15, -0.1) is 0 Å². The van der Waals surface area contributed by atoms with Gasteiger partial charge in [0, 0.05) is 0 Å². The van der Waals surface area contributed by atoms with E-state index in [9.17, 15) is 0 Å². The first-order valence-corrected chi connectivity index (χ1v) is 5.44. The van der Waals surface area contributed by atoms with E-state index in [1.807, 2.05) is 0 Å². The van der Waals surface area contributed by atoms with E-state index in [0.717, 1.165) is 20.4 Å². The van der Waals surface area contributed by atoms with Crippen molar-refractivity contribution in [2.24, 2.45) is 0 Å². The van der Waals surface area contributed by atoms with Crippen LogP contribution in [0.3, 0.4) is 0 Å². The number of aliphatic hydroxyl groups excluding tert-OH is 8. The Kier molecular flexibility index (Phi) is 22.3.